The van der Waals surface area contributed by atoms with Gasteiger partial charge in [0.05, 0.1) is 17.3 Å². The van der Waals surface area contributed by atoms with E-state index in [1.165, 1.54) is 19.3 Å². The highest BCUT2D eigenvalue weighted by atomic mass is 35.5. The summed E-state index contributed by atoms with van der Waals surface area (Å²) in [6.45, 7) is 7.80. The molecule has 0 fully saturated rings. The molecular formula is C15H25ClN2O. The van der Waals surface area contributed by atoms with E-state index in [0.29, 0.717) is 23.5 Å². The van der Waals surface area contributed by atoms with Gasteiger partial charge in [0.1, 0.15) is 0 Å². The highest BCUT2D eigenvalue weighted by molar-refractivity contribution is 6.31. The summed E-state index contributed by atoms with van der Waals surface area (Å²) in [4.78, 5) is 4.45. The molecule has 3 nitrogen and oxygen atoms in total. The molecule has 1 heterocycles. The molecule has 0 unspecified atom stereocenters. The zero-order chi connectivity index (χ0) is 14.1. The van der Waals surface area contributed by atoms with E-state index in [0.717, 1.165) is 18.7 Å². The molecule has 0 saturated carbocycles. The summed E-state index contributed by atoms with van der Waals surface area (Å²) in [5.41, 5.74) is 0.849. The number of halogens is 1. The number of nitrogens with zero attached hydrogens (tertiary/aromatic N) is 1. The smallest absolute Gasteiger partial charge is 0.213 e. The first-order valence-electron chi connectivity index (χ1n) is 7.15. The van der Waals surface area contributed by atoms with Crippen LogP contribution in [-0.2, 0) is 6.54 Å². The van der Waals surface area contributed by atoms with Crippen molar-refractivity contribution < 1.29 is 4.74 Å². The lowest BCUT2D eigenvalue weighted by Gasteiger charge is -2.11. The summed E-state index contributed by atoms with van der Waals surface area (Å²) < 4.78 is 5.66. The van der Waals surface area contributed by atoms with Crippen LogP contribution in [-0.4, -0.2) is 17.6 Å². The van der Waals surface area contributed by atoms with Gasteiger partial charge in [-0.05, 0) is 12.5 Å². The summed E-state index contributed by atoms with van der Waals surface area (Å²) in [6, 6.07) is 4.10. The maximum atomic E-state index is 6.12. The molecule has 0 aromatic carbocycles. The Morgan fingerprint density at radius 1 is 1.26 bits per heavy atom. The predicted octanol–water partition coefficient (Wildman–Crippen LogP) is 4.19. The third-order valence-electron chi connectivity index (χ3n) is 2.82. The number of aromatic nitrogens is 1. The standard InChI is InChI=1S/C15H25ClN2O/c1-4-5-6-7-10-19-15-9-8-13(16)14(18-15)11-17-12(2)3/h8-9,12,17H,4-7,10-11H2,1-3H3. The summed E-state index contributed by atoms with van der Waals surface area (Å²) in [7, 11) is 0. The first-order valence-corrected chi connectivity index (χ1v) is 7.53. The van der Waals surface area contributed by atoms with E-state index in [2.05, 4.69) is 31.1 Å². The summed E-state index contributed by atoms with van der Waals surface area (Å²) in [6.07, 6.45) is 4.80. The number of rotatable bonds is 9. The van der Waals surface area contributed by atoms with Crippen LogP contribution in [0.5, 0.6) is 5.88 Å². The van der Waals surface area contributed by atoms with Gasteiger partial charge in [0.25, 0.3) is 0 Å². The second-order valence-electron chi connectivity index (χ2n) is 5.02. The van der Waals surface area contributed by atoms with Crippen molar-refractivity contribution in [3.05, 3.63) is 22.8 Å². The van der Waals surface area contributed by atoms with Gasteiger partial charge in [-0.1, -0.05) is 51.6 Å². The second kappa shape index (κ2) is 9.16. The molecule has 1 aromatic heterocycles. The van der Waals surface area contributed by atoms with Crippen LogP contribution >= 0.6 is 11.6 Å². The maximum Gasteiger partial charge on any atom is 0.213 e. The van der Waals surface area contributed by atoms with Crippen molar-refractivity contribution in [2.45, 2.75) is 59.0 Å². The predicted molar refractivity (Wildman–Crippen MR) is 80.9 cm³/mol. The lowest BCUT2D eigenvalue weighted by atomic mass is 10.2. The SMILES string of the molecule is CCCCCCOc1ccc(Cl)c(CNC(C)C)n1. The average Bonchev–Trinajstić information content (AvgIpc) is 2.38. The molecule has 4 heteroatoms. The monoisotopic (exact) mass is 284 g/mol. The topological polar surface area (TPSA) is 34.1 Å². The summed E-state index contributed by atoms with van der Waals surface area (Å²) in [5.74, 6) is 0.668. The number of pyridine rings is 1. The van der Waals surface area contributed by atoms with Crippen molar-refractivity contribution in [1.82, 2.24) is 10.3 Å². The molecule has 0 saturated heterocycles. The van der Waals surface area contributed by atoms with Crippen LogP contribution in [0.4, 0.5) is 0 Å². The zero-order valence-electron chi connectivity index (χ0n) is 12.2. The van der Waals surface area contributed by atoms with Crippen molar-refractivity contribution in [2.75, 3.05) is 6.61 Å². The van der Waals surface area contributed by atoms with E-state index in [4.69, 9.17) is 16.3 Å². The molecule has 1 aromatic rings. The average molecular weight is 285 g/mol. The van der Waals surface area contributed by atoms with E-state index < -0.39 is 0 Å². The van der Waals surface area contributed by atoms with Gasteiger partial charge in [-0.3, -0.25) is 0 Å². The molecule has 0 aliphatic carbocycles. The van der Waals surface area contributed by atoms with Crippen LogP contribution in [0, 0.1) is 0 Å². The van der Waals surface area contributed by atoms with Gasteiger partial charge in [0.2, 0.25) is 5.88 Å². The van der Waals surface area contributed by atoms with Crippen molar-refractivity contribution in [3.63, 3.8) is 0 Å². The van der Waals surface area contributed by atoms with E-state index >= 15 is 0 Å². The Bertz CT molecular complexity index is 369. The Kier molecular flexibility index (Phi) is 7.84. The van der Waals surface area contributed by atoms with Gasteiger partial charge in [-0.2, -0.15) is 0 Å². The highest BCUT2D eigenvalue weighted by Gasteiger charge is 2.05. The minimum absolute atomic E-state index is 0.413. The van der Waals surface area contributed by atoms with E-state index in [1.54, 1.807) is 0 Å². The molecule has 0 radical (unpaired) electrons. The fourth-order valence-corrected chi connectivity index (χ4v) is 1.85. The lowest BCUT2D eigenvalue weighted by molar-refractivity contribution is 0.293. The van der Waals surface area contributed by atoms with Crippen molar-refractivity contribution in [1.29, 1.82) is 0 Å². The number of nitrogens with one attached hydrogen (secondary N) is 1. The normalized spacial score (nSPS) is 11.0. The zero-order valence-corrected chi connectivity index (χ0v) is 13.0. The third-order valence-corrected chi connectivity index (χ3v) is 3.16. The molecule has 0 spiro atoms. The molecule has 0 atom stereocenters. The van der Waals surface area contributed by atoms with E-state index in [9.17, 15) is 0 Å². The van der Waals surface area contributed by atoms with Gasteiger partial charge in [0.15, 0.2) is 0 Å². The molecule has 0 aliphatic rings. The van der Waals surface area contributed by atoms with Gasteiger partial charge in [-0.25, -0.2) is 4.98 Å². The Morgan fingerprint density at radius 3 is 2.74 bits per heavy atom. The lowest BCUT2D eigenvalue weighted by Crippen LogP contribution is -2.22. The van der Waals surface area contributed by atoms with Gasteiger partial charge >= 0.3 is 0 Å². The Balaban J connectivity index is 2.43. The first kappa shape index (κ1) is 16.3. The highest BCUT2D eigenvalue weighted by Crippen LogP contribution is 2.18. The van der Waals surface area contributed by atoms with Crippen LogP contribution in [0.1, 0.15) is 52.1 Å². The number of unbranched alkanes of at least 4 members (excludes halogenated alkanes) is 3. The Morgan fingerprint density at radius 2 is 2.05 bits per heavy atom. The number of hydrogen-bond acceptors (Lipinski definition) is 3. The fourth-order valence-electron chi connectivity index (χ4n) is 1.68. The summed E-state index contributed by atoms with van der Waals surface area (Å²) in [5, 5.41) is 4.00. The second-order valence-corrected chi connectivity index (χ2v) is 5.43. The number of ether oxygens (including phenoxy) is 1. The minimum Gasteiger partial charge on any atom is -0.478 e. The van der Waals surface area contributed by atoms with Crippen LogP contribution in [0.2, 0.25) is 5.02 Å². The van der Waals surface area contributed by atoms with Crippen molar-refractivity contribution in [2.24, 2.45) is 0 Å². The molecule has 0 amide bonds. The Labute approximate surface area is 121 Å². The van der Waals surface area contributed by atoms with Gasteiger partial charge in [-0.15, -0.1) is 0 Å². The fraction of sp³-hybridized carbons (Fsp3) is 0.667. The molecule has 0 bridgehead atoms. The molecule has 1 N–H and O–H groups in total. The maximum absolute atomic E-state index is 6.12. The molecule has 108 valence electrons. The van der Waals surface area contributed by atoms with E-state index in [1.807, 2.05) is 12.1 Å². The van der Waals surface area contributed by atoms with Crippen molar-refractivity contribution in [3.8, 4) is 5.88 Å². The molecule has 19 heavy (non-hydrogen) atoms. The van der Waals surface area contributed by atoms with Crippen LogP contribution in [0.3, 0.4) is 0 Å². The van der Waals surface area contributed by atoms with Gasteiger partial charge in [0, 0.05) is 18.7 Å². The molecule has 1 rings (SSSR count). The van der Waals surface area contributed by atoms with Crippen LogP contribution in [0.15, 0.2) is 12.1 Å². The van der Waals surface area contributed by atoms with Crippen LogP contribution in [0.25, 0.3) is 0 Å². The minimum atomic E-state index is 0.413. The largest absolute Gasteiger partial charge is 0.478 e. The van der Waals surface area contributed by atoms with Crippen LogP contribution < -0.4 is 10.1 Å². The summed E-state index contributed by atoms with van der Waals surface area (Å²) >= 11 is 6.12. The first-order chi connectivity index (χ1) is 9.13. The quantitative estimate of drug-likeness (QED) is 0.690. The van der Waals surface area contributed by atoms with Crippen molar-refractivity contribution >= 4 is 11.6 Å². The molecular weight excluding hydrogens is 260 g/mol. The van der Waals surface area contributed by atoms with E-state index in [-0.39, 0.29) is 0 Å². The number of hydrogen-bond donors (Lipinski definition) is 1. The van der Waals surface area contributed by atoms with Gasteiger partial charge < -0.3 is 10.1 Å². The third kappa shape index (κ3) is 6.79. The Hall–Kier alpha value is -0.800. The molecule has 0 aliphatic heterocycles.